The van der Waals surface area contributed by atoms with Gasteiger partial charge in [-0.2, -0.15) is 0 Å². The van der Waals surface area contributed by atoms with Gasteiger partial charge in [0.25, 0.3) is 0 Å². The van der Waals surface area contributed by atoms with Crippen molar-refractivity contribution in [1.29, 1.82) is 0 Å². The summed E-state index contributed by atoms with van der Waals surface area (Å²) in [7, 11) is 4.91. The minimum absolute atomic E-state index is 0.526. The minimum atomic E-state index is 0.526. The molecule has 0 bridgehead atoms. The molecule has 0 aliphatic rings. The molecule has 26 heavy (non-hydrogen) atoms. The highest BCUT2D eigenvalue weighted by atomic mass is 79.9. The Kier molecular flexibility index (Phi) is 11.8. The topological polar surface area (TPSA) is 73.3 Å². The van der Waals surface area contributed by atoms with Gasteiger partial charge in [0.1, 0.15) is 0 Å². The van der Waals surface area contributed by atoms with Gasteiger partial charge >= 0.3 is 0 Å². The van der Waals surface area contributed by atoms with Crippen LogP contribution in [0.3, 0.4) is 0 Å². The molecular weight excluding hydrogens is 402 g/mol. The molecule has 0 heterocycles. The Hall–Kier alpha value is -1.51. The number of benzene rings is 1. The zero-order valence-corrected chi connectivity index (χ0v) is 17.6. The van der Waals surface area contributed by atoms with Gasteiger partial charge in [-0.05, 0) is 47.0 Å². The SMILES string of the molecule is CCNC(=NCc1cc(Br)c(OC)c(OC)c1)NCCCOCCOC. The summed E-state index contributed by atoms with van der Waals surface area (Å²) in [6, 6.07) is 3.92. The van der Waals surface area contributed by atoms with Crippen LogP contribution < -0.4 is 20.1 Å². The van der Waals surface area contributed by atoms with E-state index in [1.807, 2.05) is 19.1 Å². The number of hydrogen-bond acceptors (Lipinski definition) is 5. The summed E-state index contributed by atoms with van der Waals surface area (Å²) >= 11 is 3.51. The molecule has 0 saturated carbocycles. The first-order valence-electron chi connectivity index (χ1n) is 8.65. The number of hydrogen-bond donors (Lipinski definition) is 2. The number of rotatable bonds is 12. The number of guanidine groups is 1. The van der Waals surface area contributed by atoms with Gasteiger partial charge < -0.3 is 29.6 Å². The fourth-order valence-corrected chi connectivity index (χ4v) is 2.85. The van der Waals surface area contributed by atoms with E-state index < -0.39 is 0 Å². The van der Waals surface area contributed by atoms with Crippen molar-refractivity contribution in [3.63, 3.8) is 0 Å². The molecular formula is C18H30BrN3O4. The van der Waals surface area contributed by atoms with Crippen LogP contribution in [0.25, 0.3) is 0 Å². The summed E-state index contributed by atoms with van der Waals surface area (Å²) in [5, 5.41) is 6.55. The highest BCUT2D eigenvalue weighted by Gasteiger charge is 2.10. The zero-order chi connectivity index (χ0) is 19.2. The molecule has 0 aromatic heterocycles. The Balaban J connectivity index is 2.56. The molecule has 0 saturated heterocycles. The molecule has 1 rings (SSSR count). The molecule has 0 spiro atoms. The number of ether oxygens (including phenoxy) is 4. The maximum atomic E-state index is 5.45. The Bertz CT molecular complexity index is 555. The molecule has 8 heteroatoms. The first-order valence-corrected chi connectivity index (χ1v) is 9.44. The molecule has 2 N–H and O–H groups in total. The monoisotopic (exact) mass is 431 g/mol. The van der Waals surface area contributed by atoms with Crippen molar-refractivity contribution >= 4 is 21.9 Å². The van der Waals surface area contributed by atoms with Crippen LogP contribution in [-0.2, 0) is 16.0 Å². The maximum Gasteiger partial charge on any atom is 0.191 e. The molecule has 0 atom stereocenters. The van der Waals surface area contributed by atoms with Crippen molar-refractivity contribution in [2.75, 3.05) is 54.2 Å². The minimum Gasteiger partial charge on any atom is -0.493 e. The smallest absolute Gasteiger partial charge is 0.191 e. The lowest BCUT2D eigenvalue weighted by atomic mass is 10.2. The Morgan fingerprint density at radius 2 is 1.88 bits per heavy atom. The van der Waals surface area contributed by atoms with Crippen molar-refractivity contribution in [3.05, 3.63) is 22.2 Å². The van der Waals surface area contributed by atoms with Crippen LogP contribution in [-0.4, -0.2) is 60.2 Å². The highest BCUT2D eigenvalue weighted by molar-refractivity contribution is 9.10. The van der Waals surface area contributed by atoms with Crippen LogP contribution in [0.1, 0.15) is 18.9 Å². The predicted octanol–water partition coefficient (Wildman–Crippen LogP) is 2.57. The summed E-state index contributed by atoms with van der Waals surface area (Å²) in [4.78, 5) is 4.62. The van der Waals surface area contributed by atoms with Crippen LogP contribution in [0, 0.1) is 0 Å². The third-order valence-corrected chi connectivity index (χ3v) is 4.04. The maximum absolute atomic E-state index is 5.45. The van der Waals surface area contributed by atoms with Crippen molar-refractivity contribution in [1.82, 2.24) is 10.6 Å². The summed E-state index contributed by atoms with van der Waals surface area (Å²) < 4.78 is 21.9. The summed E-state index contributed by atoms with van der Waals surface area (Å²) in [6.45, 7) is 6.09. The number of halogens is 1. The fraction of sp³-hybridized carbons (Fsp3) is 0.611. The number of nitrogens with one attached hydrogen (secondary N) is 2. The van der Waals surface area contributed by atoms with Crippen LogP contribution >= 0.6 is 15.9 Å². The second-order valence-electron chi connectivity index (χ2n) is 5.39. The number of nitrogens with zero attached hydrogens (tertiary/aromatic N) is 1. The standard InChI is InChI=1S/C18H30BrN3O4/c1-5-20-18(21-7-6-8-26-10-9-23-2)22-13-14-11-15(19)17(25-4)16(12-14)24-3/h11-12H,5-10,13H2,1-4H3,(H2,20,21,22). The predicted molar refractivity (Wildman–Crippen MR) is 107 cm³/mol. The van der Waals surface area contributed by atoms with Crippen LogP contribution in [0.4, 0.5) is 0 Å². The van der Waals surface area contributed by atoms with Crippen LogP contribution in [0.2, 0.25) is 0 Å². The first-order chi connectivity index (χ1) is 12.7. The highest BCUT2D eigenvalue weighted by Crippen LogP contribution is 2.36. The second-order valence-corrected chi connectivity index (χ2v) is 6.25. The molecule has 0 amide bonds. The third-order valence-electron chi connectivity index (χ3n) is 3.45. The first kappa shape index (κ1) is 22.5. The van der Waals surface area contributed by atoms with Crippen LogP contribution in [0.15, 0.2) is 21.6 Å². The summed E-state index contributed by atoms with van der Waals surface area (Å²) in [5.74, 6) is 2.13. The van der Waals surface area contributed by atoms with Gasteiger partial charge in [-0.1, -0.05) is 0 Å². The van der Waals surface area contributed by atoms with E-state index in [-0.39, 0.29) is 0 Å². The fourth-order valence-electron chi connectivity index (χ4n) is 2.20. The largest absolute Gasteiger partial charge is 0.493 e. The van der Waals surface area contributed by atoms with E-state index in [1.54, 1.807) is 21.3 Å². The van der Waals surface area contributed by atoms with E-state index >= 15 is 0 Å². The van der Waals surface area contributed by atoms with Gasteiger partial charge in [-0.3, -0.25) is 0 Å². The van der Waals surface area contributed by atoms with Crippen LogP contribution in [0.5, 0.6) is 11.5 Å². The lowest BCUT2D eigenvalue weighted by Crippen LogP contribution is -2.38. The molecule has 0 aliphatic heterocycles. The normalized spacial score (nSPS) is 11.3. The van der Waals surface area contributed by atoms with Crippen molar-refractivity contribution in [2.24, 2.45) is 4.99 Å². The molecule has 0 radical (unpaired) electrons. The van der Waals surface area contributed by atoms with E-state index in [2.05, 4.69) is 31.6 Å². The average Bonchev–Trinajstić information content (AvgIpc) is 2.64. The number of methoxy groups -OCH3 is 3. The van der Waals surface area contributed by atoms with Crippen molar-refractivity contribution in [3.8, 4) is 11.5 Å². The molecule has 1 aromatic carbocycles. The van der Waals surface area contributed by atoms with Gasteiger partial charge in [0.2, 0.25) is 0 Å². The van der Waals surface area contributed by atoms with Crippen molar-refractivity contribution in [2.45, 2.75) is 19.9 Å². The Morgan fingerprint density at radius 1 is 1.08 bits per heavy atom. The molecule has 148 valence electrons. The molecule has 7 nitrogen and oxygen atoms in total. The lowest BCUT2D eigenvalue weighted by molar-refractivity contribution is 0.0698. The van der Waals surface area contributed by atoms with E-state index in [1.165, 1.54) is 0 Å². The van der Waals surface area contributed by atoms with E-state index in [0.29, 0.717) is 37.9 Å². The average molecular weight is 432 g/mol. The van der Waals surface area contributed by atoms with Gasteiger partial charge in [0.05, 0.1) is 38.5 Å². The summed E-state index contributed by atoms with van der Waals surface area (Å²) in [5.41, 5.74) is 1.02. The van der Waals surface area contributed by atoms with Gasteiger partial charge in [0, 0.05) is 26.8 Å². The lowest BCUT2D eigenvalue weighted by Gasteiger charge is -2.13. The quantitative estimate of drug-likeness (QED) is 0.301. The van der Waals surface area contributed by atoms with Gasteiger partial charge in [-0.25, -0.2) is 4.99 Å². The van der Waals surface area contributed by atoms with E-state index in [9.17, 15) is 0 Å². The van der Waals surface area contributed by atoms with Gasteiger partial charge in [0.15, 0.2) is 17.5 Å². The Labute approximate surface area is 164 Å². The molecule has 0 aliphatic carbocycles. The third kappa shape index (κ3) is 8.25. The number of aliphatic imine (C=N–C) groups is 1. The van der Waals surface area contributed by atoms with E-state index in [0.717, 1.165) is 35.5 Å². The molecule has 0 fully saturated rings. The molecule has 1 aromatic rings. The second kappa shape index (κ2) is 13.7. The Morgan fingerprint density at radius 3 is 2.54 bits per heavy atom. The summed E-state index contributed by atoms with van der Waals surface area (Å²) in [6.07, 6.45) is 0.899. The van der Waals surface area contributed by atoms with Crippen molar-refractivity contribution < 1.29 is 18.9 Å². The van der Waals surface area contributed by atoms with Gasteiger partial charge in [-0.15, -0.1) is 0 Å². The van der Waals surface area contributed by atoms with E-state index in [4.69, 9.17) is 18.9 Å². The molecule has 0 unspecified atom stereocenters. The zero-order valence-electron chi connectivity index (χ0n) is 16.1.